The second kappa shape index (κ2) is 7.20. The predicted octanol–water partition coefficient (Wildman–Crippen LogP) is 0.0837. The smallest absolute Gasteiger partial charge is 0.726 e. The number of nitrogens with zero attached hydrogens (tertiary/aromatic N) is 1. The molecule has 0 aliphatic heterocycles. The SMILES string of the molecule is O=S(=O)([O-])O.[Cu+].c1ccncc1. The van der Waals surface area contributed by atoms with Crippen LogP contribution in [0.25, 0.3) is 0 Å². The van der Waals surface area contributed by atoms with Crippen molar-refractivity contribution in [3.63, 3.8) is 0 Å². The Morgan fingerprint density at radius 3 is 1.58 bits per heavy atom. The minimum Gasteiger partial charge on any atom is -0.726 e. The molecule has 0 saturated carbocycles. The van der Waals surface area contributed by atoms with Gasteiger partial charge in [0.25, 0.3) is 0 Å². The van der Waals surface area contributed by atoms with Crippen molar-refractivity contribution in [3.05, 3.63) is 30.6 Å². The van der Waals surface area contributed by atoms with Gasteiger partial charge in [-0.2, -0.15) is 0 Å². The van der Waals surface area contributed by atoms with E-state index in [9.17, 15) is 0 Å². The standard InChI is InChI=1S/C5H5N.Cu.H2O4S/c1-2-4-6-5-3-1;;1-5(2,3)4/h1-5H;;(H2,1,2,3,4)/q;+1;/p-1. The molecule has 0 bridgehead atoms. The summed E-state index contributed by atoms with van der Waals surface area (Å²) in [6, 6.07) is 5.72. The van der Waals surface area contributed by atoms with Gasteiger partial charge in [-0.3, -0.25) is 9.54 Å². The molecule has 7 heteroatoms. The first kappa shape index (κ1) is 14.1. The summed E-state index contributed by atoms with van der Waals surface area (Å²) in [5.74, 6) is 0. The molecule has 72 valence electrons. The van der Waals surface area contributed by atoms with E-state index < -0.39 is 10.4 Å². The number of hydrogen-bond acceptors (Lipinski definition) is 4. The molecule has 0 atom stereocenters. The predicted molar refractivity (Wildman–Crippen MR) is 36.6 cm³/mol. The first-order valence-corrected chi connectivity index (χ1v) is 3.90. The second-order valence-corrected chi connectivity index (χ2v) is 2.31. The van der Waals surface area contributed by atoms with Gasteiger partial charge in [0, 0.05) is 12.4 Å². The fourth-order valence-corrected chi connectivity index (χ4v) is 0.313. The number of hydrogen-bond donors (Lipinski definition) is 1. The zero-order chi connectivity index (χ0) is 8.74. The van der Waals surface area contributed by atoms with Gasteiger partial charge in [0.2, 0.25) is 10.4 Å². The molecule has 1 rings (SSSR count). The Balaban J connectivity index is 0. The Labute approximate surface area is 80.9 Å². The number of aromatic nitrogens is 1. The van der Waals surface area contributed by atoms with E-state index in [1.807, 2.05) is 18.2 Å². The maximum atomic E-state index is 8.63. The van der Waals surface area contributed by atoms with Gasteiger partial charge in [-0.15, -0.1) is 0 Å². The van der Waals surface area contributed by atoms with E-state index in [0.29, 0.717) is 0 Å². The molecule has 1 aromatic heterocycles. The fourth-order valence-electron chi connectivity index (χ4n) is 0.313. The van der Waals surface area contributed by atoms with E-state index >= 15 is 0 Å². The summed E-state index contributed by atoms with van der Waals surface area (Å²) in [6.45, 7) is 0. The molecule has 0 unspecified atom stereocenters. The van der Waals surface area contributed by atoms with Gasteiger partial charge in [-0.1, -0.05) is 6.07 Å². The molecule has 1 aromatic rings. The molecular weight excluding hydrogens is 234 g/mol. The molecule has 1 heterocycles. The minimum absolute atomic E-state index is 0. The maximum Gasteiger partial charge on any atom is 1.00 e. The van der Waals surface area contributed by atoms with Crippen molar-refractivity contribution in [2.45, 2.75) is 0 Å². The minimum atomic E-state index is -4.92. The Morgan fingerprint density at radius 2 is 1.50 bits per heavy atom. The van der Waals surface area contributed by atoms with Gasteiger partial charge in [0.05, 0.1) is 0 Å². The van der Waals surface area contributed by atoms with Gasteiger partial charge in [0.1, 0.15) is 0 Å². The molecule has 1 N–H and O–H groups in total. The largest absolute Gasteiger partial charge is 1.00 e. The van der Waals surface area contributed by atoms with Crippen LogP contribution in [0.1, 0.15) is 0 Å². The van der Waals surface area contributed by atoms with Gasteiger partial charge in [0.15, 0.2) is 0 Å². The molecule has 0 fully saturated rings. The van der Waals surface area contributed by atoms with Crippen molar-refractivity contribution in [2.75, 3.05) is 0 Å². The number of pyridine rings is 1. The van der Waals surface area contributed by atoms with E-state index in [1.54, 1.807) is 12.4 Å². The summed E-state index contributed by atoms with van der Waals surface area (Å²) in [6.07, 6.45) is 3.50. The fraction of sp³-hybridized carbons (Fsp3) is 0. The molecule has 0 aliphatic carbocycles. The quantitative estimate of drug-likeness (QED) is 0.394. The van der Waals surface area contributed by atoms with Crippen LogP contribution in [-0.4, -0.2) is 22.5 Å². The zero-order valence-corrected chi connectivity index (χ0v) is 7.47. The third-order valence-electron chi connectivity index (χ3n) is 0.566. The van der Waals surface area contributed by atoms with Crippen LogP contribution in [0.15, 0.2) is 30.6 Å². The van der Waals surface area contributed by atoms with Crippen LogP contribution >= 0.6 is 0 Å². The van der Waals surface area contributed by atoms with Gasteiger partial charge < -0.3 is 4.55 Å². The number of rotatable bonds is 0. The average molecular weight is 240 g/mol. The van der Waals surface area contributed by atoms with E-state index in [2.05, 4.69) is 4.98 Å². The maximum absolute atomic E-state index is 8.63. The monoisotopic (exact) mass is 239 g/mol. The first-order valence-electron chi connectivity index (χ1n) is 2.53. The van der Waals surface area contributed by atoms with Crippen LogP contribution in [0.4, 0.5) is 0 Å². The van der Waals surface area contributed by atoms with Crippen molar-refractivity contribution in [3.8, 4) is 0 Å². The Hall–Kier alpha value is -0.461. The van der Waals surface area contributed by atoms with E-state index in [-0.39, 0.29) is 17.1 Å². The Morgan fingerprint density at radius 1 is 1.17 bits per heavy atom. The van der Waals surface area contributed by atoms with Crippen molar-refractivity contribution in [2.24, 2.45) is 0 Å². The Kier molecular flexibility index (Phi) is 8.45. The normalized spacial score (nSPS) is 8.83. The van der Waals surface area contributed by atoms with Crippen LogP contribution in [0.2, 0.25) is 0 Å². The molecular formula is C5H6CuNO4S. The van der Waals surface area contributed by atoms with Gasteiger partial charge in [-0.25, -0.2) is 8.42 Å². The summed E-state index contributed by atoms with van der Waals surface area (Å²) in [5, 5.41) is 0. The molecule has 0 aliphatic rings. The van der Waals surface area contributed by atoms with E-state index in [4.69, 9.17) is 17.5 Å². The van der Waals surface area contributed by atoms with Crippen molar-refractivity contribution in [1.82, 2.24) is 4.98 Å². The van der Waals surface area contributed by atoms with Crippen LogP contribution in [0, 0.1) is 0 Å². The molecule has 0 radical (unpaired) electrons. The van der Waals surface area contributed by atoms with E-state index in [0.717, 1.165) is 0 Å². The van der Waals surface area contributed by atoms with Gasteiger partial charge >= 0.3 is 17.1 Å². The third-order valence-corrected chi connectivity index (χ3v) is 0.566. The summed E-state index contributed by atoms with van der Waals surface area (Å²) in [4.78, 5) is 3.78. The van der Waals surface area contributed by atoms with Crippen molar-refractivity contribution < 1.29 is 34.6 Å². The molecule has 0 aromatic carbocycles. The summed E-state index contributed by atoms with van der Waals surface area (Å²) < 4.78 is 32.8. The van der Waals surface area contributed by atoms with Crippen molar-refractivity contribution >= 4 is 10.4 Å². The molecule has 0 spiro atoms. The third kappa shape index (κ3) is 22.7. The molecule has 0 saturated heterocycles. The zero-order valence-electron chi connectivity index (χ0n) is 5.72. The topological polar surface area (TPSA) is 90.3 Å². The van der Waals surface area contributed by atoms with E-state index in [1.165, 1.54) is 0 Å². The second-order valence-electron chi connectivity index (χ2n) is 1.45. The molecule has 0 amide bonds. The van der Waals surface area contributed by atoms with Crippen molar-refractivity contribution in [1.29, 1.82) is 0 Å². The molecule has 12 heavy (non-hydrogen) atoms. The average Bonchev–Trinajstić information content (AvgIpc) is 1.88. The summed E-state index contributed by atoms with van der Waals surface area (Å²) in [7, 11) is -4.92. The van der Waals surface area contributed by atoms with Crippen LogP contribution in [0.3, 0.4) is 0 Å². The van der Waals surface area contributed by atoms with Crippen LogP contribution < -0.4 is 0 Å². The van der Waals surface area contributed by atoms with Crippen LogP contribution in [0.5, 0.6) is 0 Å². The summed E-state index contributed by atoms with van der Waals surface area (Å²) >= 11 is 0. The molecule has 5 nitrogen and oxygen atoms in total. The first-order chi connectivity index (χ1) is 5.00. The summed E-state index contributed by atoms with van der Waals surface area (Å²) in [5.41, 5.74) is 0. The Bertz CT molecular complexity index is 240. The van der Waals surface area contributed by atoms with Gasteiger partial charge in [-0.05, 0) is 12.1 Å². The van der Waals surface area contributed by atoms with Crippen LogP contribution in [-0.2, 0) is 27.5 Å².